The maximum atomic E-state index is 5.52. The molecule has 1 aliphatic heterocycles. The maximum absolute atomic E-state index is 5.52. The van der Waals surface area contributed by atoms with Crippen LogP contribution in [0.25, 0.3) is 0 Å². The second-order valence-electron chi connectivity index (χ2n) is 4.44. The van der Waals surface area contributed by atoms with E-state index in [2.05, 4.69) is 10.2 Å². The highest BCUT2D eigenvalue weighted by molar-refractivity contribution is 4.85. The zero-order chi connectivity index (χ0) is 10.5. The van der Waals surface area contributed by atoms with Crippen LogP contribution in [0.5, 0.6) is 0 Å². The van der Waals surface area contributed by atoms with Gasteiger partial charge in [-0.15, -0.1) is 0 Å². The van der Waals surface area contributed by atoms with Gasteiger partial charge in [-0.3, -0.25) is 4.90 Å². The van der Waals surface area contributed by atoms with Crippen molar-refractivity contribution in [1.82, 2.24) is 10.2 Å². The molecule has 0 aromatic heterocycles. The van der Waals surface area contributed by atoms with Crippen LogP contribution in [0.4, 0.5) is 0 Å². The lowest BCUT2D eigenvalue weighted by molar-refractivity contribution is -0.0160. The molecule has 0 aromatic carbocycles. The summed E-state index contributed by atoms with van der Waals surface area (Å²) in [6.45, 7) is 5.68. The Bertz CT molecular complexity index is 185. The highest BCUT2D eigenvalue weighted by Crippen LogP contribution is 2.19. The normalized spacial score (nSPS) is 28.2. The number of hydrogen-bond donors (Lipinski definition) is 1. The van der Waals surface area contributed by atoms with Crippen LogP contribution in [-0.2, 0) is 9.47 Å². The number of hydrogen-bond acceptors (Lipinski definition) is 4. The summed E-state index contributed by atoms with van der Waals surface area (Å²) in [7, 11) is 1.76. The lowest BCUT2D eigenvalue weighted by Gasteiger charge is -2.35. The van der Waals surface area contributed by atoms with E-state index in [-0.39, 0.29) is 0 Å². The van der Waals surface area contributed by atoms with Gasteiger partial charge in [0.1, 0.15) is 0 Å². The summed E-state index contributed by atoms with van der Waals surface area (Å²) >= 11 is 0. The van der Waals surface area contributed by atoms with E-state index in [1.807, 2.05) is 0 Å². The van der Waals surface area contributed by atoms with Gasteiger partial charge in [0.25, 0.3) is 0 Å². The molecule has 1 saturated carbocycles. The van der Waals surface area contributed by atoms with E-state index in [4.69, 9.17) is 9.47 Å². The summed E-state index contributed by atoms with van der Waals surface area (Å²) in [6, 6.07) is 1.32. The zero-order valence-corrected chi connectivity index (χ0v) is 9.58. The van der Waals surface area contributed by atoms with Crippen molar-refractivity contribution in [2.45, 2.75) is 24.9 Å². The van der Waals surface area contributed by atoms with Gasteiger partial charge in [-0.1, -0.05) is 0 Å². The molecule has 1 atom stereocenters. The number of methoxy groups -OCH3 is 1. The van der Waals surface area contributed by atoms with Crippen molar-refractivity contribution >= 4 is 0 Å². The number of rotatable bonds is 6. The molecular weight excluding hydrogens is 192 g/mol. The highest BCUT2D eigenvalue weighted by atomic mass is 16.5. The van der Waals surface area contributed by atoms with E-state index in [1.165, 1.54) is 12.8 Å². The van der Waals surface area contributed by atoms with E-state index < -0.39 is 0 Å². The van der Waals surface area contributed by atoms with Crippen LogP contribution in [0.15, 0.2) is 0 Å². The van der Waals surface area contributed by atoms with Gasteiger partial charge in [-0.05, 0) is 12.8 Å². The molecule has 0 spiro atoms. The van der Waals surface area contributed by atoms with Gasteiger partial charge in [-0.25, -0.2) is 0 Å². The predicted octanol–water partition coefficient (Wildman–Crippen LogP) is 0.0856. The number of nitrogens with zero attached hydrogens (tertiary/aromatic N) is 1. The summed E-state index contributed by atoms with van der Waals surface area (Å²) < 4.78 is 10.7. The van der Waals surface area contributed by atoms with Crippen molar-refractivity contribution in [1.29, 1.82) is 0 Å². The molecule has 0 aromatic rings. The fourth-order valence-electron chi connectivity index (χ4n) is 1.97. The molecule has 1 N–H and O–H groups in total. The molecule has 1 unspecified atom stereocenters. The van der Waals surface area contributed by atoms with Crippen LogP contribution in [-0.4, -0.2) is 63.5 Å². The lowest BCUT2D eigenvalue weighted by Crippen LogP contribution is -2.51. The molecule has 4 nitrogen and oxygen atoms in total. The summed E-state index contributed by atoms with van der Waals surface area (Å²) in [6.07, 6.45) is 2.71. The van der Waals surface area contributed by atoms with Crippen LogP contribution in [0, 0.1) is 0 Å². The van der Waals surface area contributed by atoms with Crippen molar-refractivity contribution < 1.29 is 9.47 Å². The Morgan fingerprint density at radius 1 is 1.47 bits per heavy atom. The molecule has 2 aliphatic rings. The standard InChI is InChI=1S/C11H22N2O2/c1-14-6-4-13-5-7-15-9-11(13)8-12-10-2-3-10/h10-12H,2-9H2,1H3. The van der Waals surface area contributed by atoms with Gasteiger partial charge in [-0.2, -0.15) is 0 Å². The largest absolute Gasteiger partial charge is 0.383 e. The SMILES string of the molecule is COCCN1CCOCC1CNC1CC1. The molecular formula is C11H22N2O2. The predicted molar refractivity (Wildman–Crippen MR) is 59.1 cm³/mol. The molecule has 0 amide bonds. The van der Waals surface area contributed by atoms with Crippen molar-refractivity contribution in [2.75, 3.05) is 46.6 Å². The van der Waals surface area contributed by atoms with E-state index in [9.17, 15) is 0 Å². The first-order valence-corrected chi connectivity index (χ1v) is 5.94. The van der Waals surface area contributed by atoms with Crippen LogP contribution in [0.1, 0.15) is 12.8 Å². The summed E-state index contributed by atoms with van der Waals surface area (Å²) in [5, 5.41) is 3.57. The van der Waals surface area contributed by atoms with Gasteiger partial charge in [0.05, 0.1) is 19.8 Å². The molecule has 1 heterocycles. The minimum absolute atomic E-state index is 0.537. The summed E-state index contributed by atoms with van der Waals surface area (Å²) in [5.41, 5.74) is 0. The van der Waals surface area contributed by atoms with Crippen molar-refractivity contribution in [3.8, 4) is 0 Å². The Kier molecular flexibility index (Phi) is 4.38. The Balaban J connectivity index is 1.70. The minimum atomic E-state index is 0.537. The average Bonchev–Trinajstić information content (AvgIpc) is 3.08. The molecule has 4 heteroatoms. The molecule has 0 bridgehead atoms. The highest BCUT2D eigenvalue weighted by Gasteiger charge is 2.26. The molecule has 2 rings (SSSR count). The van der Waals surface area contributed by atoms with Gasteiger partial charge in [0.2, 0.25) is 0 Å². The summed E-state index contributed by atoms with van der Waals surface area (Å²) in [5.74, 6) is 0. The van der Waals surface area contributed by atoms with Gasteiger partial charge < -0.3 is 14.8 Å². The molecule has 88 valence electrons. The quantitative estimate of drug-likeness (QED) is 0.679. The second-order valence-corrected chi connectivity index (χ2v) is 4.44. The van der Waals surface area contributed by atoms with Crippen LogP contribution < -0.4 is 5.32 Å². The Morgan fingerprint density at radius 3 is 3.07 bits per heavy atom. The van der Waals surface area contributed by atoms with Crippen molar-refractivity contribution in [3.63, 3.8) is 0 Å². The van der Waals surface area contributed by atoms with E-state index >= 15 is 0 Å². The number of ether oxygens (including phenoxy) is 2. The molecule has 0 radical (unpaired) electrons. The van der Waals surface area contributed by atoms with Crippen LogP contribution >= 0.6 is 0 Å². The maximum Gasteiger partial charge on any atom is 0.0634 e. The van der Waals surface area contributed by atoms with Crippen molar-refractivity contribution in [2.24, 2.45) is 0 Å². The van der Waals surface area contributed by atoms with Gasteiger partial charge in [0, 0.05) is 38.8 Å². The van der Waals surface area contributed by atoms with Gasteiger partial charge in [0.15, 0.2) is 0 Å². The molecule has 1 aliphatic carbocycles. The molecule has 2 fully saturated rings. The Hall–Kier alpha value is -0.160. The number of nitrogens with one attached hydrogen (secondary N) is 1. The third kappa shape index (κ3) is 3.72. The monoisotopic (exact) mass is 214 g/mol. The topological polar surface area (TPSA) is 33.7 Å². The fraction of sp³-hybridized carbons (Fsp3) is 1.00. The first-order valence-electron chi connectivity index (χ1n) is 5.94. The lowest BCUT2D eigenvalue weighted by atomic mass is 10.2. The van der Waals surface area contributed by atoms with E-state index in [0.717, 1.165) is 45.5 Å². The average molecular weight is 214 g/mol. The van der Waals surface area contributed by atoms with E-state index in [0.29, 0.717) is 6.04 Å². The first kappa shape index (κ1) is 11.3. The third-order valence-electron chi connectivity index (χ3n) is 3.15. The Labute approximate surface area is 91.9 Å². The van der Waals surface area contributed by atoms with Crippen LogP contribution in [0.2, 0.25) is 0 Å². The third-order valence-corrected chi connectivity index (χ3v) is 3.15. The van der Waals surface area contributed by atoms with Gasteiger partial charge >= 0.3 is 0 Å². The second kappa shape index (κ2) is 5.80. The summed E-state index contributed by atoms with van der Waals surface area (Å²) in [4.78, 5) is 2.47. The minimum Gasteiger partial charge on any atom is -0.383 e. The smallest absolute Gasteiger partial charge is 0.0634 e. The van der Waals surface area contributed by atoms with Crippen LogP contribution in [0.3, 0.4) is 0 Å². The first-order chi connectivity index (χ1) is 7.40. The fourth-order valence-corrected chi connectivity index (χ4v) is 1.97. The Morgan fingerprint density at radius 2 is 2.33 bits per heavy atom. The van der Waals surface area contributed by atoms with Crippen molar-refractivity contribution in [3.05, 3.63) is 0 Å². The molecule has 15 heavy (non-hydrogen) atoms. The number of morpholine rings is 1. The molecule has 1 saturated heterocycles. The van der Waals surface area contributed by atoms with E-state index in [1.54, 1.807) is 7.11 Å². The zero-order valence-electron chi connectivity index (χ0n) is 9.58.